The molecule has 0 atom stereocenters. The molecular weight excluding hydrogens is 486 g/mol. The van der Waals surface area contributed by atoms with Gasteiger partial charge in [0.2, 0.25) is 0 Å². The van der Waals surface area contributed by atoms with Crippen LogP contribution in [0, 0.1) is 0 Å². The van der Waals surface area contributed by atoms with Gasteiger partial charge in [-0.15, -0.1) is 17.9 Å². The highest BCUT2D eigenvalue weighted by atomic mass is 32.1. The molecule has 196 valence electrons. The number of nitrogens with two attached hydrogens (primary N) is 2. The van der Waals surface area contributed by atoms with Gasteiger partial charge in [0.1, 0.15) is 5.00 Å². The molecule has 0 saturated carbocycles. The third kappa shape index (κ3) is 10.0. The van der Waals surface area contributed by atoms with Crippen LogP contribution in [0.4, 0.5) is 27.8 Å². The highest BCUT2D eigenvalue weighted by Crippen LogP contribution is 2.24. The van der Waals surface area contributed by atoms with E-state index < -0.39 is 0 Å². The van der Waals surface area contributed by atoms with Gasteiger partial charge in [0.15, 0.2) is 5.69 Å². The Morgan fingerprint density at radius 1 is 1.14 bits per heavy atom. The molecule has 8 N–H and O–H groups in total. The molecule has 0 bridgehead atoms. The summed E-state index contributed by atoms with van der Waals surface area (Å²) in [6, 6.07) is 3.50. The first-order chi connectivity index (χ1) is 17.6. The highest BCUT2D eigenvalue weighted by molar-refractivity contribution is 7.14. The summed E-state index contributed by atoms with van der Waals surface area (Å²) in [6.45, 7) is 12.2. The summed E-state index contributed by atoms with van der Waals surface area (Å²) in [5, 5.41) is 13.0. The molecule has 1 amide bonds. The molecule has 0 spiro atoms. The number of nitrogens with zero attached hydrogens (tertiary/aromatic N) is 3. The summed E-state index contributed by atoms with van der Waals surface area (Å²) >= 11 is 1.36. The maximum absolute atomic E-state index is 12.4. The predicted molar refractivity (Wildman–Crippen MR) is 155 cm³/mol. The molecule has 0 fully saturated rings. The number of hydrogen-bond acceptors (Lipinski definition) is 10. The number of dihydropyridines is 1. The topological polar surface area (TPSA) is 156 Å². The molecule has 10 nitrogen and oxygen atoms in total. The van der Waals surface area contributed by atoms with Gasteiger partial charge < -0.3 is 32.7 Å². The minimum Gasteiger partial charge on any atom is -0.397 e. The lowest BCUT2D eigenvalue weighted by molar-refractivity contribution is 0.102. The van der Waals surface area contributed by atoms with E-state index in [0.717, 1.165) is 11.4 Å². The van der Waals surface area contributed by atoms with Crippen LogP contribution < -0.4 is 32.7 Å². The lowest BCUT2D eigenvalue weighted by Crippen LogP contribution is -2.26. The standard InChI is InChI=1S/C14H14N6OS.C9H15N3.C3H6/c15-10-3-5-17-7-11(10)20-13(21)12-14(22-8-18-12)19-9-2-1-4-16-6-9;1-9(2,3)12-8-4-5-11-6-7(8)10;1-3-2/h1-5,7-8,16,19H,6H2,(H2,15,17)(H,20,21);4-6H,10H2,1-3H3,(H,11,12);3H,1H2,2H3. The van der Waals surface area contributed by atoms with E-state index in [4.69, 9.17) is 11.5 Å². The first-order valence-corrected chi connectivity index (χ1v) is 12.4. The molecule has 3 aromatic heterocycles. The molecule has 1 aliphatic heterocycles. The number of anilines is 5. The molecule has 1 aliphatic rings. The van der Waals surface area contributed by atoms with Crippen molar-refractivity contribution < 1.29 is 4.79 Å². The average molecular weight is 522 g/mol. The molecule has 11 heteroatoms. The first-order valence-electron chi connectivity index (χ1n) is 11.5. The molecular formula is C26H35N9OS. The Hall–Kier alpha value is -4.38. The molecule has 0 unspecified atom stereocenters. The summed E-state index contributed by atoms with van der Waals surface area (Å²) in [6.07, 6.45) is 13.9. The van der Waals surface area contributed by atoms with Crippen LogP contribution in [0.2, 0.25) is 0 Å². The second kappa shape index (κ2) is 14.2. The predicted octanol–water partition coefficient (Wildman–Crippen LogP) is 4.85. The molecule has 0 saturated heterocycles. The number of allylic oxidation sites excluding steroid dienone is 3. The number of nitrogens with one attached hydrogen (secondary N) is 4. The Morgan fingerprint density at radius 3 is 2.46 bits per heavy atom. The number of thiazole rings is 1. The molecule has 0 radical (unpaired) electrons. The van der Waals surface area contributed by atoms with Gasteiger partial charge in [-0.25, -0.2) is 4.98 Å². The maximum Gasteiger partial charge on any atom is 0.277 e. The van der Waals surface area contributed by atoms with Crippen molar-refractivity contribution in [1.82, 2.24) is 20.3 Å². The minimum atomic E-state index is -0.330. The summed E-state index contributed by atoms with van der Waals surface area (Å²) in [5.74, 6) is -0.330. The van der Waals surface area contributed by atoms with E-state index in [1.165, 1.54) is 17.5 Å². The Labute approximate surface area is 222 Å². The average Bonchev–Trinajstić information content (AvgIpc) is 3.31. The van der Waals surface area contributed by atoms with Gasteiger partial charge in [0, 0.05) is 23.6 Å². The van der Waals surface area contributed by atoms with Gasteiger partial charge in [-0.1, -0.05) is 6.08 Å². The van der Waals surface area contributed by atoms with Gasteiger partial charge in [-0.05, 0) is 58.2 Å². The number of rotatable bonds is 5. The quantitative estimate of drug-likeness (QED) is 0.258. The van der Waals surface area contributed by atoms with Crippen molar-refractivity contribution in [2.45, 2.75) is 33.2 Å². The Bertz CT molecular complexity index is 1230. The lowest BCUT2D eigenvalue weighted by atomic mass is 10.1. The van der Waals surface area contributed by atoms with Crippen molar-refractivity contribution in [3.8, 4) is 0 Å². The van der Waals surface area contributed by atoms with Crippen LogP contribution in [0.25, 0.3) is 0 Å². The Kier molecular flexibility index (Phi) is 11.1. The molecule has 4 rings (SSSR count). The minimum absolute atomic E-state index is 0.0372. The lowest BCUT2D eigenvalue weighted by Gasteiger charge is -2.22. The molecule has 0 aliphatic carbocycles. The number of carbonyl (C=O) groups is 1. The van der Waals surface area contributed by atoms with Crippen molar-refractivity contribution >= 4 is 45.0 Å². The zero-order valence-corrected chi connectivity index (χ0v) is 22.4. The van der Waals surface area contributed by atoms with Crippen LogP contribution in [0.1, 0.15) is 38.2 Å². The second-order valence-corrected chi connectivity index (χ2v) is 9.61. The van der Waals surface area contributed by atoms with E-state index in [1.807, 2.05) is 31.3 Å². The summed E-state index contributed by atoms with van der Waals surface area (Å²) < 4.78 is 0. The van der Waals surface area contributed by atoms with E-state index in [1.54, 1.807) is 36.2 Å². The van der Waals surface area contributed by atoms with Crippen molar-refractivity contribution in [2.24, 2.45) is 0 Å². The molecule has 37 heavy (non-hydrogen) atoms. The number of hydrogen-bond donors (Lipinski definition) is 6. The monoisotopic (exact) mass is 521 g/mol. The van der Waals surface area contributed by atoms with Crippen molar-refractivity contribution in [3.05, 3.63) is 84.8 Å². The first kappa shape index (κ1) is 28.9. The number of pyridine rings is 2. The molecule has 3 aromatic rings. The van der Waals surface area contributed by atoms with E-state index in [-0.39, 0.29) is 11.4 Å². The Balaban J connectivity index is 0.000000271. The van der Waals surface area contributed by atoms with E-state index in [9.17, 15) is 4.79 Å². The summed E-state index contributed by atoms with van der Waals surface area (Å²) in [7, 11) is 0. The molecule has 4 heterocycles. The number of nitrogen functional groups attached to an aromatic ring is 2. The van der Waals surface area contributed by atoms with Gasteiger partial charge >= 0.3 is 0 Å². The van der Waals surface area contributed by atoms with E-state index >= 15 is 0 Å². The fourth-order valence-corrected chi connectivity index (χ4v) is 3.51. The maximum atomic E-state index is 12.4. The van der Waals surface area contributed by atoms with Crippen LogP contribution in [0.3, 0.4) is 0 Å². The zero-order valence-electron chi connectivity index (χ0n) is 21.6. The van der Waals surface area contributed by atoms with Crippen LogP contribution in [-0.2, 0) is 0 Å². The van der Waals surface area contributed by atoms with Crippen molar-refractivity contribution in [3.63, 3.8) is 0 Å². The normalized spacial score (nSPS) is 11.8. The number of carbonyl (C=O) groups excluding carboxylic acids is 1. The van der Waals surface area contributed by atoms with Crippen molar-refractivity contribution in [1.29, 1.82) is 0 Å². The summed E-state index contributed by atoms with van der Waals surface area (Å²) in [4.78, 5) is 24.3. The van der Waals surface area contributed by atoms with E-state index in [0.29, 0.717) is 34.3 Å². The van der Waals surface area contributed by atoms with Gasteiger partial charge in [0.05, 0.1) is 47.2 Å². The third-order valence-electron chi connectivity index (χ3n) is 4.33. The van der Waals surface area contributed by atoms with E-state index in [2.05, 4.69) is 63.6 Å². The fourth-order valence-electron chi connectivity index (χ4n) is 2.80. The number of aromatic nitrogens is 3. The van der Waals surface area contributed by atoms with Crippen LogP contribution >= 0.6 is 11.3 Å². The van der Waals surface area contributed by atoms with Crippen LogP contribution in [0.5, 0.6) is 0 Å². The van der Waals surface area contributed by atoms with Gasteiger partial charge in [0.25, 0.3) is 5.91 Å². The van der Waals surface area contributed by atoms with Gasteiger partial charge in [-0.3, -0.25) is 14.8 Å². The largest absolute Gasteiger partial charge is 0.397 e. The third-order valence-corrected chi connectivity index (χ3v) is 5.07. The number of amides is 1. The summed E-state index contributed by atoms with van der Waals surface area (Å²) in [5.41, 5.74) is 17.0. The van der Waals surface area contributed by atoms with Gasteiger partial charge in [-0.2, -0.15) is 0 Å². The van der Waals surface area contributed by atoms with Crippen LogP contribution in [0.15, 0.2) is 79.1 Å². The van der Waals surface area contributed by atoms with Crippen molar-refractivity contribution in [2.75, 3.05) is 34.0 Å². The molecule has 0 aromatic carbocycles. The van der Waals surface area contributed by atoms with Crippen LogP contribution in [-0.4, -0.2) is 32.9 Å². The fraction of sp³-hybridized carbons (Fsp3) is 0.231. The zero-order chi connectivity index (χ0) is 27.3. The Morgan fingerprint density at radius 2 is 1.84 bits per heavy atom. The SMILES string of the molecule is C=CC.CC(C)(C)Nc1ccncc1N.Nc1ccncc1NC(=O)c1ncsc1NC1=CC=CNC1. The second-order valence-electron chi connectivity index (χ2n) is 8.75. The smallest absolute Gasteiger partial charge is 0.277 e. The highest BCUT2D eigenvalue weighted by Gasteiger charge is 2.17.